The van der Waals surface area contributed by atoms with Crippen LogP contribution in [-0.2, 0) is 18.8 Å². The van der Waals surface area contributed by atoms with E-state index in [1.807, 2.05) is 32.2 Å². The van der Waals surface area contributed by atoms with Gasteiger partial charge in [-0.15, -0.1) is 0 Å². The van der Waals surface area contributed by atoms with Gasteiger partial charge in [0.05, 0.1) is 16.8 Å². The molecule has 1 aliphatic heterocycles. The Balaban J connectivity index is 1.88. The molecule has 216 valence electrons. The quantitative estimate of drug-likeness (QED) is 0.134. The maximum atomic E-state index is 13.4. The van der Waals surface area contributed by atoms with Gasteiger partial charge in [0.2, 0.25) is 0 Å². The number of benzene rings is 2. The molecule has 3 nitrogen and oxygen atoms in total. The predicted octanol–water partition coefficient (Wildman–Crippen LogP) is 9.34. The largest absolute Gasteiger partial charge is 0.416 e. The van der Waals surface area contributed by atoms with Crippen molar-refractivity contribution in [2.45, 2.75) is 65.2 Å². The number of unbranched alkanes of at least 4 members (excludes halogenated alkanes) is 1. The van der Waals surface area contributed by atoms with Gasteiger partial charge in [0.25, 0.3) is 0 Å². The van der Waals surface area contributed by atoms with Crippen molar-refractivity contribution in [3.8, 4) is 0 Å². The van der Waals surface area contributed by atoms with Crippen molar-refractivity contribution in [2.75, 3.05) is 5.75 Å². The number of nitrogens with zero attached hydrogens (tertiary/aromatic N) is 1. The van der Waals surface area contributed by atoms with Gasteiger partial charge in [-0.25, -0.2) is 0 Å². The number of halogens is 6. The first-order chi connectivity index (χ1) is 18.7. The zero-order chi connectivity index (χ0) is 29.7. The smallest absolute Gasteiger partial charge is 0.402 e. The molecule has 0 radical (unpaired) electrons. The van der Waals surface area contributed by atoms with E-state index in [2.05, 4.69) is 16.6 Å². The molecule has 0 aromatic heterocycles. The molecule has 0 bridgehead atoms. The molecule has 0 amide bonds. The Morgan fingerprint density at radius 2 is 1.68 bits per heavy atom. The second kappa shape index (κ2) is 13.0. The second-order valence-corrected chi connectivity index (χ2v) is 10.8. The number of nitrogens with one attached hydrogen (secondary N) is 1. The third kappa shape index (κ3) is 8.19. The topological polar surface area (TPSA) is 50.4 Å². The molecule has 2 aromatic carbocycles. The molecule has 3 rings (SSSR count). The van der Waals surface area contributed by atoms with Gasteiger partial charge < -0.3 is 10.5 Å². The van der Waals surface area contributed by atoms with Crippen molar-refractivity contribution in [1.29, 1.82) is 0 Å². The van der Waals surface area contributed by atoms with Crippen LogP contribution in [0.25, 0.3) is 5.57 Å². The summed E-state index contributed by atoms with van der Waals surface area (Å²) in [6.45, 7) is 7.84. The lowest BCUT2D eigenvalue weighted by Crippen LogP contribution is -2.13. The first-order valence-corrected chi connectivity index (χ1v) is 13.8. The number of hydrogen-bond donors (Lipinski definition) is 2. The maximum absolute atomic E-state index is 13.4. The van der Waals surface area contributed by atoms with Crippen molar-refractivity contribution in [1.82, 2.24) is 4.72 Å². The highest BCUT2D eigenvalue weighted by Gasteiger charge is 2.37. The molecule has 0 fully saturated rings. The van der Waals surface area contributed by atoms with Gasteiger partial charge in [-0.3, -0.25) is 4.99 Å². The van der Waals surface area contributed by atoms with Crippen molar-refractivity contribution < 1.29 is 26.3 Å². The fourth-order valence-corrected chi connectivity index (χ4v) is 4.97. The second-order valence-electron chi connectivity index (χ2n) is 9.82. The van der Waals surface area contributed by atoms with Crippen LogP contribution in [0.15, 0.2) is 70.5 Å². The lowest BCUT2D eigenvalue weighted by molar-refractivity contribution is -0.143. The molecule has 0 aliphatic carbocycles. The molecule has 0 saturated carbocycles. The SMILES string of the molecule is CCCCSN/C=C(C)/C(C)=C(\N)Cc1ccc2c(c1)C(C)=CC(c1cc(C(F)(F)F)cc(C(F)(F)F)c1)C=N2. The Labute approximate surface area is 235 Å². The highest BCUT2D eigenvalue weighted by molar-refractivity contribution is 7.97. The zero-order valence-electron chi connectivity index (χ0n) is 22.8. The van der Waals surface area contributed by atoms with Crippen LogP contribution in [0.3, 0.4) is 0 Å². The van der Waals surface area contributed by atoms with E-state index >= 15 is 0 Å². The Bertz CT molecular complexity index is 1300. The van der Waals surface area contributed by atoms with E-state index in [1.165, 1.54) is 6.21 Å². The van der Waals surface area contributed by atoms with E-state index in [4.69, 9.17) is 5.73 Å². The molecule has 0 saturated heterocycles. The lowest BCUT2D eigenvalue weighted by atomic mass is 9.92. The minimum Gasteiger partial charge on any atom is -0.402 e. The van der Waals surface area contributed by atoms with E-state index in [-0.39, 0.29) is 11.6 Å². The first-order valence-electron chi connectivity index (χ1n) is 12.9. The summed E-state index contributed by atoms with van der Waals surface area (Å²) in [6.07, 6.45) is -2.16. The summed E-state index contributed by atoms with van der Waals surface area (Å²) in [5.41, 5.74) is 9.15. The molecule has 0 spiro atoms. The van der Waals surface area contributed by atoms with Gasteiger partial charge in [-0.1, -0.05) is 37.4 Å². The number of rotatable bonds is 9. The van der Waals surface area contributed by atoms with Crippen LogP contribution in [-0.4, -0.2) is 12.0 Å². The molecule has 1 atom stereocenters. The van der Waals surface area contributed by atoms with Crippen LogP contribution < -0.4 is 10.5 Å². The van der Waals surface area contributed by atoms with Gasteiger partial charge in [-0.2, -0.15) is 26.3 Å². The van der Waals surface area contributed by atoms with E-state index in [0.717, 1.165) is 53.0 Å². The van der Waals surface area contributed by atoms with Crippen LogP contribution >= 0.6 is 11.9 Å². The number of nitrogens with two attached hydrogens (primary N) is 1. The maximum Gasteiger partial charge on any atom is 0.416 e. The van der Waals surface area contributed by atoms with E-state index in [9.17, 15) is 26.3 Å². The lowest BCUT2D eigenvalue weighted by Gasteiger charge is -2.16. The number of allylic oxidation sites excluding steroid dienone is 5. The van der Waals surface area contributed by atoms with Crippen LogP contribution in [0, 0.1) is 0 Å². The van der Waals surface area contributed by atoms with Crippen LogP contribution in [0.1, 0.15) is 74.3 Å². The summed E-state index contributed by atoms with van der Waals surface area (Å²) in [6, 6.07) is 7.19. The van der Waals surface area contributed by atoms with Crippen molar-refractivity contribution in [2.24, 2.45) is 10.7 Å². The highest BCUT2D eigenvalue weighted by atomic mass is 32.2. The van der Waals surface area contributed by atoms with Crippen LogP contribution in [0.2, 0.25) is 0 Å². The molecular weight excluding hydrogens is 548 g/mol. The molecule has 3 N–H and O–H groups in total. The average molecular weight is 582 g/mol. The van der Waals surface area contributed by atoms with E-state index in [0.29, 0.717) is 23.4 Å². The molecule has 1 heterocycles. The third-order valence-electron chi connectivity index (χ3n) is 6.71. The van der Waals surface area contributed by atoms with E-state index in [1.54, 1.807) is 31.0 Å². The molecule has 10 heteroatoms. The summed E-state index contributed by atoms with van der Waals surface area (Å²) < 4.78 is 83.6. The molecule has 40 heavy (non-hydrogen) atoms. The summed E-state index contributed by atoms with van der Waals surface area (Å²) in [5, 5.41) is 0. The fourth-order valence-electron chi connectivity index (χ4n) is 4.16. The van der Waals surface area contributed by atoms with Gasteiger partial charge in [0, 0.05) is 41.8 Å². The minimum atomic E-state index is -4.92. The third-order valence-corrected chi connectivity index (χ3v) is 7.49. The molecule has 1 unspecified atom stereocenters. The fraction of sp³-hybridized carbons (Fsp3) is 0.367. The molecule has 1 aliphatic rings. The van der Waals surface area contributed by atoms with Crippen LogP contribution in [0.5, 0.6) is 0 Å². The molecule has 2 aromatic rings. The summed E-state index contributed by atoms with van der Waals surface area (Å²) in [4.78, 5) is 4.41. The van der Waals surface area contributed by atoms with Crippen LogP contribution in [0.4, 0.5) is 32.0 Å². The Hall–Kier alpha value is -3.14. The summed E-state index contributed by atoms with van der Waals surface area (Å²) >= 11 is 1.64. The average Bonchev–Trinajstić information content (AvgIpc) is 3.05. The van der Waals surface area contributed by atoms with E-state index < -0.39 is 29.4 Å². The Morgan fingerprint density at radius 3 is 2.27 bits per heavy atom. The van der Waals surface area contributed by atoms with Gasteiger partial charge >= 0.3 is 12.4 Å². The van der Waals surface area contributed by atoms with Gasteiger partial charge in [0.15, 0.2) is 0 Å². The Kier molecular flexibility index (Phi) is 10.2. The predicted molar refractivity (Wildman–Crippen MR) is 152 cm³/mol. The monoisotopic (exact) mass is 581 g/mol. The van der Waals surface area contributed by atoms with Gasteiger partial charge in [-0.05, 0) is 85.4 Å². The normalized spacial score (nSPS) is 16.7. The Morgan fingerprint density at radius 1 is 1.02 bits per heavy atom. The highest BCUT2D eigenvalue weighted by Crippen LogP contribution is 2.39. The number of hydrogen-bond acceptors (Lipinski definition) is 4. The zero-order valence-corrected chi connectivity index (χ0v) is 23.6. The molecular formula is C30H33F6N3S. The summed E-state index contributed by atoms with van der Waals surface area (Å²) in [7, 11) is 0. The standard InChI is InChI=1S/C30H33F6N3S/c1-5-6-9-40-39-16-19(3)20(4)27(37)12-21-7-8-28-26(11-21)18(2)10-23(17-38-28)22-13-24(29(31,32)33)15-25(14-22)30(34,35)36/h7-8,10-11,13-17,23,39H,5-6,9,12,37H2,1-4H3/b19-16+,27-20-. The van der Waals surface area contributed by atoms with Crippen molar-refractivity contribution in [3.05, 3.63) is 93.3 Å². The number of fused-ring (bicyclic) bond motifs is 1. The summed E-state index contributed by atoms with van der Waals surface area (Å²) in [5.74, 6) is 0.142. The number of alkyl halides is 6. The van der Waals surface area contributed by atoms with Crippen molar-refractivity contribution >= 4 is 29.4 Å². The van der Waals surface area contributed by atoms with Gasteiger partial charge in [0.1, 0.15) is 0 Å². The minimum absolute atomic E-state index is 0.132. The number of aliphatic imine (C=N–C) groups is 1. The first kappa shape index (κ1) is 31.4. The van der Waals surface area contributed by atoms with Crippen molar-refractivity contribution in [3.63, 3.8) is 0 Å².